The van der Waals surface area contributed by atoms with E-state index in [1.807, 2.05) is 0 Å². The van der Waals surface area contributed by atoms with Gasteiger partial charge in [-0.15, -0.1) is 0 Å². The van der Waals surface area contributed by atoms with E-state index in [-0.39, 0.29) is 16.7 Å². The van der Waals surface area contributed by atoms with Gasteiger partial charge < -0.3 is 10.1 Å². The van der Waals surface area contributed by atoms with Crippen LogP contribution in [-0.4, -0.2) is 21.0 Å². The second kappa shape index (κ2) is 3.22. The number of aromatic nitrogens is 2. The Hall–Kier alpha value is -2.05. The van der Waals surface area contributed by atoms with Gasteiger partial charge in [-0.3, -0.25) is 0 Å². The lowest BCUT2D eigenvalue weighted by Gasteiger charge is -2.04. The third-order valence-corrected chi connectivity index (χ3v) is 2.00. The number of fused-ring (bicyclic) bond motifs is 1. The van der Waals surface area contributed by atoms with Crippen LogP contribution in [0.5, 0.6) is 0 Å². The number of nitrogens with zero attached hydrogens (tertiary/aromatic N) is 1. The lowest BCUT2D eigenvalue weighted by molar-refractivity contribution is -0.140. The van der Waals surface area contributed by atoms with Crippen molar-refractivity contribution in [3.63, 3.8) is 0 Å². The van der Waals surface area contributed by atoms with Crippen LogP contribution in [-0.2, 0) is 6.18 Å². The van der Waals surface area contributed by atoms with Gasteiger partial charge >= 0.3 is 12.1 Å². The molecule has 0 aromatic carbocycles. The number of hydrogen-bond acceptors (Lipinski definition) is 2. The fourth-order valence-corrected chi connectivity index (χ4v) is 1.28. The number of halogens is 3. The van der Waals surface area contributed by atoms with Crippen molar-refractivity contribution in [2.75, 3.05) is 0 Å². The summed E-state index contributed by atoms with van der Waals surface area (Å²) in [6.45, 7) is 0. The van der Waals surface area contributed by atoms with Crippen molar-refractivity contribution >= 4 is 17.0 Å². The molecule has 7 heteroatoms. The number of carboxylic acid groups (broad SMARTS) is 1. The smallest absolute Gasteiger partial charge is 0.433 e. The van der Waals surface area contributed by atoms with Crippen LogP contribution in [0.4, 0.5) is 13.2 Å². The molecule has 2 aromatic heterocycles. The molecule has 0 saturated carbocycles. The van der Waals surface area contributed by atoms with Crippen molar-refractivity contribution in [3.05, 3.63) is 29.6 Å². The van der Waals surface area contributed by atoms with E-state index >= 15 is 0 Å². The molecule has 2 rings (SSSR count). The number of nitrogens with one attached hydrogen (secondary N) is 1. The van der Waals surface area contributed by atoms with Crippen LogP contribution in [0.3, 0.4) is 0 Å². The second-order valence-electron chi connectivity index (χ2n) is 3.12. The van der Waals surface area contributed by atoms with Crippen molar-refractivity contribution < 1.29 is 23.1 Å². The lowest BCUT2D eigenvalue weighted by atomic mass is 10.3. The van der Waals surface area contributed by atoms with E-state index in [1.165, 1.54) is 0 Å². The minimum Gasteiger partial charge on any atom is -0.477 e. The molecule has 0 unspecified atom stereocenters. The van der Waals surface area contributed by atoms with Gasteiger partial charge in [-0.2, -0.15) is 13.2 Å². The molecular weight excluding hydrogens is 225 g/mol. The highest BCUT2D eigenvalue weighted by molar-refractivity contribution is 5.92. The highest BCUT2D eigenvalue weighted by Crippen LogP contribution is 2.28. The van der Waals surface area contributed by atoms with Crippen molar-refractivity contribution in [1.82, 2.24) is 9.97 Å². The number of carboxylic acids is 1. The zero-order chi connectivity index (χ0) is 11.9. The molecule has 0 aliphatic heterocycles. The first-order valence-corrected chi connectivity index (χ1v) is 4.18. The Kier molecular flexibility index (Phi) is 2.11. The maximum absolute atomic E-state index is 12.3. The minimum atomic E-state index is -4.53. The Labute approximate surface area is 86.7 Å². The fraction of sp³-hybridized carbons (Fsp3) is 0.111. The molecule has 84 valence electrons. The molecule has 16 heavy (non-hydrogen) atoms. The van der Waals surface area contributed by atoms with E-state index in [1.54, 1.807) is 0 Å². The molecule has 0 amide bonds. The second-order valence-corrected chi connectivity index (χ2v) is 3.12. The van der Waals surface area contributed by atoms with E-state index < -0.39 is 17.8 Å². The van der Waals surface area contributed by atoms with Gasteiger partial charge in [0.2, 0.25) is 0 Å². The summed E-state index contributed by atoms with van der Waals surface area (Å²) in [6, 6.07) is 3.01. The summed E-state index contributed by atoms with van der Waals surface area (Å²) in [6.07, 6.45) is -4.53. The van der Waals surface area contributed by atoms with Crippen molar-refractivity contribution in [2.24, 2.45) is 0 Å². The standard InChI is InChI=1S/C9H5F3N2O2/c10-9(11,12)7-2-1-4-5(14-7)3-6(13-4)8(15)16/h1-3,13H,(H,15,16). The quantitative estimate of drug-likeness (QED) is 0.789. The van der Waals surface area contributed by atoms with Crippen molar-refractivity contribution in [3.8, 4) is 0 Å². The molecule has 0 radical (unpaired) electrons. The van der Waals surface area contributed by atoms with Crippen LogP contribution in [0.15, 0.2) is 18.2 Å². The first-order valence-electron chi connectivity index (χ1n) is 4.18. The number of alkyl halides is 3. The van der Waals surface area contributed by atoms with Crippen LogP contribution >= 0.6 is 0 Å². The number of aromatic amines is 1. The van der Waals surface area contributed by atoms with E-state index in [4.69, 9.17) is 5.11 Å². The predicted molar refractivity (Wildman–Crippen MR) is 48.1 cm³/mol. The van der Waals surface area contributed by atoms with E-state index in [9.17, 15) is 18.0 Å². The summed E-state index contributed by atoms with van der Waals surface area (Å²) >= 11 is 0. The molecule has 0 aliphatic carbocycles. The molecule has 0 saturated heterocycles. The summed E-state index contributed by atoms with van der Waals surface area (Å²) in [5.41, 5.74) is -1.00. The summed E-state index contributed by atoms with van der Waals surface area (Å²) in [5, 5.41) is 8.63. The van der Waals surface area contributed by atoms with Gasteiger partial charge in [0.25, 0.3) is 0 Å². The normalized spacial score (nSPS) is 11.9. The molecule has 0 aliphatic rings. The van der Waals surface area contributed by atoms with Crippen LogP contribution in [0, 0.1) is 0 Å². The highest BCUT2D eigenvalue weighted by Gasteiger charge is 2.32. The van der Waals surface area contributed by atoms with Gasteiger partial charge in [0, 0.05) is 0 Å². The largest absolute Gasteiger partial charge is 0.477 e. The lowest BCUT2D eigenvalue weighted by Crippen LogP contribution is -2.07. The Bertz CT molecular complexity index is 559. The summed E-state index contributed by atoms with van der Waals surface area (Å²) < 4.78 is 36.9. The van der Waals surface area contributed by atoms with Crippen LogP contribution in [0.1, 0.15) is 16.2 Å². The number of hydrogen-bond donors (Lipinski definition) is 2. The van der Waals surface area contributed by atoms with Gasteiger partial charge in [0.15, 0.2) is 0 Å². The predicted octanol–water partition coefficient (Wildman–Crippen LogP) is 2.28. The fourth-order valence-electron chi connectivity index (χ4n) is 1.28. The number of rotatable bonds is 1. The Morgan fingerprint density at radius 2 is 2.06 bits per heavy atom. The Balaban J connectivity index is 2.58. The Morgan fingerprint density at radius 3 is 2.62 bits per heavy atom. The monoisotopic (exact) mass is 230 g/mol. The average molecular weight is 230 g/mol. The van der Waals surface area contributed by atoms with Gasteiger partial charge in [0.05, 0.1) is 11.0 Å². The average Bonchev–Trinajstić information content (AvgIpc) is 2.58. The number of carbonyl (C=O) groups is 1. The van der Waals surface area contributed by atoms with Crippen LogP contribution in [0.25, 0.3) is 11.0 Å². The maximum Gasteiger partial charge on any atom is 0.433 e. The molecule has 2 aromatic rings. The molecule has 4 nitrogen and oxygen atoms in total. The summed E-state index contributed by atoms with van der Waals surface area (Å²) in [7, 11) is 0. The summed E-state index contributed by atoms with van der Waals surface area (Å²) in [4.78, 5) is 16.3. The third-order valence-electron chi connectivity index (χ3n) is 2.00. The molecular formula is C9H5F3N2O2. The zero-order valence-electron chi connectivity index (χ0n) is 7.67. The van der Waals surface area contributed by atoms with Gasteiger partial charge in [-0.1, -0.05) is 0 Å². The number of aromatic carboxylic acids is 1. The van der Waals surface area contributed by atoms with Gasteiger partial charge in [-0.05, 0) is 18.2 Å². The highest BCUT2D eigenvalue weighted by atomic mass is 19.4. The number of H-pyrrole nitrogens is 1. The van der Waals surface area contributed by atoms with Crippen molar-refractivity contribution in [1.29, 1.82) is 0 Å². The molecule has 2 N–H and O–H groups in total. The van der Waals surface area contributed by atoms with E-state index in [2.05, 4.69) is 9.97 Å². The first-order chi connectivity index (χ1) is 7.38. The zero-order valence-corrected chi connectivity index (χ0v) is 7.67. The summed E-state index contributed by atoms with van der Waals surface area (Å²) in [5.74, 6) is -1.24. The van der Waals surface area contributed by atoms with Gasteiger partial charge in [-0.25, -0.2) is 9.78 Å². The van der Waals surface area contributed by atoms with Crippen LogP contribution in [0.2, 0.25) is 0 Å². The minimum absolute atomic E-state index is 0.0211. The van der Waals surface area contributed by atoms with Crippen LogP contribution < -0.4 is 0 Å². The van der Waals surface area contributed by atoms with Crippen molar-refractivity contribution in [2.45, 2.75) is 6.18 Å². The maximum atomic E-state index is 12.3. The molecule has 0 fully saturated rings. The molecule has 2 heterocycles. The Morgan fingerprint density at radius 1 is 1.38 bits per heavy atom. The topological polar surface area (TPSA) is 66.0 Å². The van der Waals surface area contributed by atoms with E-state index in [0.717, 1.165) is 18.2 Å². The van der Waals surface area contributed by atoms with Gasteiger partial charge in [0.1, 0.15) is 11.4 Å². The SMILES string of the molecule is O=C(O)c1cc2nc(C(F)(F)F)ccc2[nH]1. The first kappa shape index (κ1) is 10.5. The number of pyridine rings is 1. The molecule has 0 bridgehead atoms. The molecule has 0 atom stereocenters. The molecule has 0 spiro atoms. The van der Waals surface area contributed by atoms with E-state index in [0.29, 0.717) is 0 Å². The third kappa shape index (κ3) is 1.71.